The van der Waals surface area contributed by atoms with Gasteiger partial charge in [-0.15, -0.1) is 0 Å². The van der Waals surface area contributed by atoms with Crippen LogP contribution in [0.1, 0.15) is 11.1 Å². The molecule has 0 amide bonds. The largest absolute Gasteiger partial charge is 0.369 e. The third kappa shape index (κ3) is 2.88. The van der Waals surface area contributed by atoms with Crippen LogP contribution in [-0.2, 0) is 6.54 Å². The van der Waals surface area contributed by atoms with Crippen molar-refractivity contribution in [2.75, 3.05) is 11.9 Å². The number of rotatable bonds is 3. The summed E-state index contributed by atoms with van der Waals surface area (Å²) in [7, 11) is 1.98. The minimum Gasteiger partial charge on any atom is -0.369 e. The fraction of sp³-hybridized carbons (Fsp3) is 0.143. The Morgan fingerprint density at radius 3 is 2.67 bits per heavy atom. The Balaban J connectivity index is 2.26. The van der Waals surface area contributed by atoms with Gasteiger partial charge in [0.25, 0.3) is 0 Å². The Kier molecular flexibility index (Phi) is 3.96. The third-order valence-electron chi connectivity index (χ3n) is 2.66. The number of pyridine rings is 1. The molecule has 0 atom stereocenters. The highest BCUT2D eigenvalue weighted by atomic mass is 79.9. The van der Waals surface area contributed by atoms with Gasteiger partial charge in [-0.1, -0.05) is 15.9 Å². The van der Waals surface area contributed by atoms with E-state index in [9.17, 15) is 0 Å². The lowest BCUT2D eigenvalue weighted by Crippen LogP contribution is -2.17. The summed E-state index contributed by atoms with van der Waals surface area (Å²) >= 11 is 3.43. The maximum absolute atomic E-state index is 9.12. The van der Waals surface area contributed by atoms with E-state index in [4.69, 9.17) is 5.26 Å². The van der Waals surface area contributed by atoms with Crippen molar-refractivity contribution in [2.45, 2.75) is 6.54 Å². The van der Waals surface area contributed by atoms with Gasteiger partial charge in [0, 0.05) is 30.5 Å². The average Bonchev–Trinajstić information content (AvgIpc) is 2.40. The molecule has 3 nitrogen and oxygen atoms in total. The highest BCUT2D eigenvalue weighted by molar-refractivity contribution is 9.10. The molecule has 0 unspecified atom stereocenters. The Morgan fingerprint density at radius 1 is 1.28 bits per heavy atom. The molecule has 1 heterocycles. The molecule has 1 aromatic heterocycles. The van der Waals surface area contributed by atoms with Gasteiger partial charge in [-0.25, -0.2) is 0 Å². The molecule has 0 radical (unpaired) electrons. The van der Waals surface area contributed by atoms with Crippen LogP contribution in [0, 0.1) is 11.3 Å². The molecule has 1 aromatic carbocycles. The smallest absolute Gasteiger partial charge is 0.101 e. The summed E-state index contributed by atoms with van der Waals surface area (Å²) in [5, 5.41) is 9.12. The van der Waals surface area contributed by atoms with Crippen LogP contribution in [0.2, 0.25) is 0 Å². The molecule has 90 valence electrons. The zero-order chi connectivity index (χ0) is 13.0. The van der Waals surface area contributed by atoms with E-state index in [2.05, 4.69) is 31.9 Å². The van der Waals surface area contributed by atoms with E-state index in [1.54, 1.807) is 12.4 Å². The van der Waals surface area contributed by atoms with Gasteiger partial charge < -0.3 is 4.90 Å². The molecule has 0 bridgehead atoms. The standard InChI is InChI=1S/C14H12BrN3/c1-18(10-11-4-6-17-7-5-11)14-8-13(15)3-2-12(14)9-16/h2-8H,10H2,1H3. The van der Waals surface area contributed by atoms with Crippen molar-refractivity contribution in [3.05, 3.63) is 58.3 Å². The van der Waals surface area contributed by atoms with Crippen molar-refractivity contribution in [3.63, 3.8) is 0 Å². The summed E-state index contributed by atoms with van der Waals surface area (Å²) in [5.41, 5.74) is 2.76. The molecule has 0 saturated carbocycles. The molecule has 2 aromatic rings. The van der Waals surface area contributed by atoms with Gasteiger partial charge in [0.1, 0.15) is 6.07 Å². The highest BCUT2D eigenvalue weighted by Gasteiger charge is 2.08. The number of hydrogen-bond donors (Lipinski definition) is 0. The van der Waals surface area contributed by atoms with Crippen molar-refractivity contribution >= 4 is 21.6 Å². The van der Waals surface area contributed by atoms with E-state index in [-0.39, 0.29) is 0 Å². The summed E-state index contributed by atoms with van der Waals surface area (Å²) in [4.78, 5) is 6.05. The monoisotopic (exact) mass is 301 g/mol. The van der Waals surface area contributed by atoms with E-state index >= 15 is 0 Å². The Morgan fingerprint density at radius 2 is 2.00 bits per heavy atom. The first-order valence-electron chi connectivity index (χ1n) is 5.50. The van der Waals surface area contributed by atoms with Gasteiger partial charge in [0.15, 0.2) is 0 Å². The van der Waals surface area contributed by atoms with Crippen molar-refractivity contribution < 1.29 is 0 Å². The number of halogens is 1. The second-order valence-electron chi connectivity index (χ2n) is 3.98. The molecule has 0 aliphatic carbocycles. The average molecular weight is 302 g/mol. The molecule has 2 rings (SSSR count). The van der Waals surface area contributed by atoms with Gasteiger partial charge in [0.05, 0.1) is 11.3 Å². The maximum Gasteiger partial charge on any atom is 0.101 e. The first kappa shape index (κ1) is 12.6. The molecule has 0 fully saturated rings. The van der Waals surface area contributed by atoms with Gasteiger partial charge in [-0.3, -0.25) is 4.98 Å². The summed E-state index contributed by atoms with van der Waals surface area (Å²) in [5.74, 6) is 0. The van der Waals surface area contributed by atoms with E-state index < -0.39 is 0 Å². The van der Waals surface area contributed by atoms with E-state index in [1.807, 2.05) is 37.4 Å². The number of hydrogen-bond acceptors (Lipinski definition) is 3. The predicted octanol–water partition coefficient (Wildman–Crippen LogP) is 3.35. The third-order valence-corrected chi connectivity index (χ3v) is 3.15. The SMILES string of the molecule is CN(Cc1ccncc1)c1cc(Br)ccc1C#N. The fourth-order valence-electron chi connectivity index (χ4n) is 1.76. The lowest BCUT2D eigenvalue weighted by atomic mass is 10.1. The number of nitrogens with zero attached hydrogens (tertiary/aromatic N) is 3. The van der Waals surface area contributed by atoms with Crippen molar-refractivity contribution in [3.8, 4) is 6.07 Å². The molecule has 4 heteroatoms. The summed E-state index contributed by atoms with van der Waals surface area (Å²) in [6.07, 6.45) is 3.55. The van der Waals surface area contributed by atoms with Crippen LogP contribution in [0.25, 0.3) is 0 Å². The molecular weight excluding hydrogens is 290 g/mol. The van der Waals surface area contributed by atoms with Crippen LogP contribution in [0.15, 0.2) is 47.2 Å². The van der Waals surface area contributed by atoms with Crippen molar-refractivity contribution in [1.82, 2.24) is 4.98 Å². The van der Waals surface area contributed by atoms with Gasteiger partial charge in [-0.2, -0.15) is 5.26 Å². The number of aromatic nitrogens is 1. The summed E-state index contributed by atoms with van der Waals surface area (Å²) < 4.78 is 0.970. The molecule has 18 heavy (non-hydrogen) atoms. The lowest BCUT2D eigenvalue weighted by molar-refractivity contribution is 0.917. The predicted molar refractivity (Wildman–Crippen MR) is 75.2 cm³/mol. The molecule has 0 aliphatic rings. The normalized spacial score (nSPS) is 9.83. The highest BCUT2D eigenvalue weighted by Crippen LogP contribution is 2.24. The Bertz CT molecular complexity index is 575. The molecule has 0 saturated heterocycles. The van der Waals surface area contributed by atoms with Crippen LogP contribution in [0.4, 0.5) is 5.69 Å². The first-order chi connectivity index (χ1) is 8.70. The zero-order valence-corrected chi connectivity index (χ0v) is 11.6. The lowest BCUT2D eigenvalue weighted by Gasteiger charge is -2.20. The number of benzene rings is 1. The molecule has 0 aliphatic heterocycles. The van der Waals surface area contributed by atoms with Crippen LogP contribution >= 0.6 is 15.9 Å². The zero-order valence-electron chi connectivity index (χ0n) is 9.97. The molecule has 0 spiro atoms. The second kappa shape index (κ2) is 5.65. The fourth-order valence-corrected chi connectivity index (χ4v) is 2.11. The van der Waals surface area contributed by atoms with E-state index in [0.29, 0.717) is 5.56 Å². The first-order valence-corrected chi connectivity index (χ1v) is 6.29. The van der Waals surface area contributed by atoms with Crippen molar-refractivity contribution in [2.24, 2.45) is 0 Å². The summed E-state index contributed by atoms with van der Waals surface area (Å²) in [6, 6.07) is 11.8. The number of anilines is 1. The van der Waals surface area contributed by atoms with Gasteiger partial charge in [0.2, 0.25) is 0 Å². The topological polar surface area (TPSA) is 39.9 Å². The Labute approximate surface area is 115 Å². The molecule has 0 N–H and O–H groups in total. The van der Waals surface area contributed by atoms with Gasteiger partial charge >= 0.3 is 0 Å². The van der Waals surface area contributed by atoms with Crippen LogP contribution in [0.5, 0.6) is 0 Å². The minimum absolute atomic E-state index is 0.676. The summed E-state index contributed by atoms with van der Waals surface area (Å²) in [6.45, 7) is 0.744. The second-order valence-corrected chi connectivity index (χ2v) is 4.90. The minimum atomic E-state index is 0.676. The number of nitriles is 1. The van der Waals surface area contributed by atoms with Crippen LogP contribution < -0.4 is 4.90 Å². The van der Waals surface area contributed by atoms with Gasteiger partial charge in [-0.05, 0) is 35.9 Å². The van der Waals surface area contributed by atoms with Crippen LogP contribution in [0.3, 0.4) is 0 Å². The van der Waals surface area contributed by atoms with E-state index in [1.165, 1.54) is 0 Å². The maximum atomic E-state index is 9.12. The molecular formula is C14H12BrN3. The van der Waals surface area contributed by atoms with E-state index in [0.717, 1.165) is 22.3 Å². The van der Waals surface area contributed by atoms with Crippen molar-refractivity contribution in [1.29, 1.82) is 5.26 Å². The quantitative estimate of drug-likeness (QED) is 0.873. The van der Waals surface area contributed by atoms with Crippen LogP contribution in [-0.4, -0.2) is 12.0 Å². The Hall–Kier alpha value is -1.86.